The van der Waals surface area contributed by atoms with Crippen molar-refractivity contribution in [3.63, 3.8) is 0 Å². The second kappa shape index (κ2) is 7.44. The van der Waals surface area contributed by atoms with Gasteiger partial charge < -0.3 is 14.8 Å². The quantitative estimate of drug-likeness (QED) is 0.773. The number of methoxy groups -OCH3 is 2. The van der Waals surface area contributed by atoms with Crippen molar-refractivity contribution in [1.82, 2.24) is 9.97 Å². The molecule has 1 heterocycles. The van der Waals surface area contributed by atoms with E-state index in [0.29, 0.717) is 28.6 Å². The van der Waals surface area contributed by atoms with Gasteiger partial charge in [-0.2, -0.15) is 0 Å². The summed E-state index contributed by atoms with van der Waals surface area (Å²) in [4.78, 5) is 21.1. The Balaban J connectivity index is 1.80. The third-order valence-electron chi connectivity index (χ3n) is 3.59. The molecule has 3 aromatic rings. The number of nitrogens with one attached hydrogen (secondary N) is 1. The number of anilines is 1. The molecule has 0 fully saturated rings. The van der Waals surface area contributed by atoms with Gasteiger partial charge in [0.1, 0.15) is 0 Å². The summed E-state index contributed by atoms with van der Waals surface area (Å²) in [6.07, 6.45) is 3.14. The summed E-state index contributed by atoms with van der Waals surface area (Å²) in [7, 11) is 3.02. The van der Waals surface area contributed by atoms with E-state index in [2.05, 4.69) is 15.3 Å². The van der Waals surface area contributed by atoms with Gasteiger partial charge in [-0.25, -0.2) is 9.97 Å². The van der Waals surface area contributed by atoms with Crippen LogP contribution in [0.5, 0.6) is 11.5 Å². The second-order valence-electron chi connectivity index (χ2n) is 5.16. The fourth-order valence-corrected chi connectivity index (χ4v) is 2.39. The zero-order valence-electron chi connectivity index (χ0n) is 13.9. The van der Waals surface area contributed by atoms with Crippen LogP contribution in [0.3, 0.4) is 0 Å². The van der Waals surface area contributed by atoms with Gasteiger partial charge in [-0.05, 0) is 12.1 Å². The molecule has 25 heavy (non-hydrogen) atoms. The van der Waals surface area contributed by atoms with Gasteiger partial charge in [0, 0.05) is 5.56 Å². The number of aromatic nitrogens is 2. The van der Waals surface area contributed by atoms with E-state index < -0.39 is 0 Å². The molecule has 6 heteroatoms. The normalized spacial score (nSPS) is 10.2. The molecule has 0 aliphatic heterocycles. The first-order valence-electron chi connectivity index (χ1n) is 7.62. The van der Waals surface area contributed by atoms with Gasteiger partial charge in [-0.3, -0.25) is 4.79 Å². The Bertz CT molecular complexity index is 865. The van der Waals surface area contributed by atoms with Crippen molar-refractivity contribution in [3.05, 3.63) is 66.5 Å². The predicted molar refractivity (Wildman–Crippen MR) is 95.0 cm³/mol. The molecule has 0 aliphatic rings. The number of ether oxygens (including phenoxy) is 2. The third-order valence-corrected chi connectivity index (χ3v) is 3.59. The summed E-state index contributed by atoms with van der Waals surface area (Å²) in [5.41, 5.74) is 1.78. The molecule has 1 aromatic heterocycles. The largest absolute Gasteiger partial charge is 0.493 e. The van der Waals surface area contributed by atoms with E-state index in [1.54, 1.807) is 30.6 Å². The van der Waals surface area contributed by atoms with Gasteiger partial charge >= 0.3 is 0 Å². The number of para-hydroxylation sites is 1. The molecule has 1 amide bonds. The first-order chi connectivity index (χ1) is 12.2. The SMILES string of the molecule is COc1cccc(C(=O)Nc2cnc(-c3ccccc3)nc2)c1OC. The lowest BCUT2D eigenvalue weighted by Crippen LogP contribution is -2.14. The highest BCUT2D eigenvalue weighted by Crippen LogP contribution is 2.31. The zero-order chi connectivity index (χ0) is 17.6. The van der Waals surface area contributed by atoms with Crippen LogP contribution in [0, 0.1) is 0 Å². The lowest BCUT2D eigenvalue weighted by molar-refractivity contribution is 0.102. The molecule has 0 radical (unpaired) electrons. The Hall–Kier alpha value is -3.41. The second-order valence-corrected chi connectivity index (χ2v) is 5.16. The van der Waals surface area contributed by atoms with Crippen molar-refractivity contribution in [1.29, 1.82) is 0 Å². The minimum atomic E-state index is -0.327. The number of rotatable bonds is 5. The Morgan fingerprint density at radius 2 is 1.64 bits per heavy atom. The minimum Gasteiger partial charge on any atom is -0.493 e. The topological polar surface area (TPSA) is 73.3 Å². The summed E-state index contributed by atoms with van der Waals surface area (Å²) in [6, 6.07) is 14.7. The number of amides is 1. The van der Waals surface area contributed by atoms with Crippen molar-refractivity contribution in [2.24, 2.45) is 0 Å². The number of carbonyl (C=O) groups excluding carboxylic acids is 1. The van der Waals surface area contributed by atoms with Crippen LogP contribution in [0.2, 0.25) is 0 Å². The molecule has 0 unspecified atom stereocenters. The summed E-state index contributed by atoms with van der Waals surface area (Å²) >= 11 is 0. The highest BCUT2D eigenvalue weighted by Gasteiger charge is 2.16. The molecular formula is C19H17N3O3. The lowest BCUT2D eigenvalue weighted by atomic mass is 10.1. The van der Waals surface area contributed by atoms with Crippen LogP contribution in [-0.4, -0.2) is 30.1 Å². The van der Waals surface area contributed by atoms with E-state index in [0.717, 1.165) is 5.56 Å². The fraction of sp³-hybridized carbons (Fsp3) is 0.105. The molecule has 0 saturated heterocycles. The Kier molecular flexibility index (Phi) is 4.89. The fourth-order valence-electron chi connectivity index (χ4n) is 2.39. The van der Waals surface area contributed by atoms with Crippen molar-refractivity contribution >= 4 is 11.6 Å². The number of carbonyl (C=O) groups is 1. The number of hydrogen-bond acceptors (Lipinski definition) is 5. The van der Waals surface area contributed by atoms with Crippen molar-refractivity contribution < 1.29 is 14.3 Å². The average molecular weight is 335 g/mol. The Labute approximate surface area is 145 Å². The first kappa shape index (κ1) is 16.4. The lowest BCUT2D eigenvalue weighted by Gasteiger charge is -2.12. The summed E-state index contributed by atoms with van der Waals surface area (Å²) in [5, 5.41) is 2.76. The number of benzene rings is 2. The van der Waals surface area contributed by atoms with Gasteiger partial charge in [0.05, 0.1) is 37.9 Å². The first-order valence-corrected chi connectivity index (χ1v) is 7.62. The maximum atomic E-state index is 12.5. The monoisotopic (exact) mass is 335 g/mol. The molecule has 0 aliphatic carbocycles. The van der Waals surface area contributed by atoms with Crippen LogP contribution in [-0.2, 0) is 0 Å². The molecule has 0 spiro atoms. The van der Waals surface area contributed by atoms with Crippen molar-refractivity contribution in [2.75, 3.05) is 19.5 Å². The average Bonchev–Trinajstić information content (AvgIpc) is 2.68. The van der Waals surface area contributed by atoms with Gasteiger partial charge in [0.15, 0.2) is 17.3 Å². The van der Waals surface area contributed by atoms with E-state index in [1.807, 2.05) is 30.3 Å². The van der Waals surface area contributed by atoms with E-state index in [4.69, 9.17) is 9.47 Å². The van der Waals surface area contributed by atoms with Gasteiger partial charge in [0.2, 0.25) is 0 Å². The van der Waals surface area contributed by atoms with Crippen molar-refractivity contribution in [2.45, 2.75) is 0 Å². The van der Waals surface area contributed by atoms with Crippen LogP contribution >= 0.6 is 0 Å². The Morgan fingerprint density at radius 3 is 2.28 bits per heavy atom. The van der Waals surface area contributed by atoms with Crippen molar-refractivity contribution in [3.8, 4) is 22.9 Å². The standard InChI is InChI=1S/C19H17N3O3/c1-24-16-10-6-9-15(17(16)25-2)19(23)22-14-11-20-18(21-12-14)13-7-4-3-5-8-13/h3-12H,1-2H3,(H,22,23). The molecule has 1 N–H and O–H groups in total. The highest BCUT2D eigenvalue weighted by molar-refractivity contribution is 6.06. The van der Waals surface area contributed by atoms with Crippen LogP contribution < -0.4 is 14.8 Å². The van der Waals surface area contributed by atoms with Gasteiger partial charge in [0.25, 0.3) is 5.91 Å². The minimum absolute atomic E-state index is 0.327. The van der Waals surface area contributed by atoms with Gasteiger partial charge in [-0.1, -0.05) is 36.4 Å². The van der Waals surface area contributed by atoms with Crippen LogP contribution in [0.25, 0.3) is 11.4 Å². The number of hydrogen-bond donors (Lipinski definition) is 1. The maximum Gasteiger partial charge on any atom is 0.259 e. The molecule has 3 rings (SSSR count). The van der Waals surface area contributed by atoms with Crippen LogP contribution in [0.15, 0.2) is 60.9 Å². The summed E-state index contributed by atoms with van der Waals surface area (Å²) in [5.74, 6) is 1.14. The molecule has 2 aromatic carbocycles. The molecule has 0 saturated carbocycles. The molecule has 0 bridgehead atoms. The molecule has 6 nitrogen and oxygen atoms in total. The van der Waals surface area contributed by atoms with Gasteiger partial charge in [-0.15, -0.1) is 0 Å². The van der Waals surface area contributed by atoms with E-state index in [-0.39, 0.29) is 5.91 Å². The summed E-state index contributed by atoms with van der Waals surface area (Å²) in [6.45, 7) is 0. The third kappa shape index (κ3) is 3.58. The zero-order valence-corrected chi connectivity index (χ0v) is 13.9. The highest BCUT2D eigenvalue weighted by atomic mass is 16.5. The predicted octanol–water partition coefficient (Wildman–Crippen LogP) is 3.41. The maximum absolute atomic E-state index is 12.5. The molecule has 0 atom stereocenters. The van der Waals surface area contributed by atoms with E-state index in [1.165, 1.54) is 14.2 Å². The molecule has 126 valence electrons. The Morgan fingerprint density at radius 1 is 0.920 bits per heavy atom. The van der Waals surface area contributed by atoms with E-state index in [9.17, 15) is 4.79 Å². The smallest absolute Gasteiger partial charge is 0.259 e. The van der Waals surface area contributed by atoms with Crippen LogP contribution in [0.1, 0.15) is 10.4 Å². The van der Waals surface area contributed by atoms with Crippen LogP contribution in [0.4, 0.5) is 5.69 Å². The number of nitrogens with zero attached hydrogens (tertiary/aromatic N) is 2. The summed E-state index contributed by atoms with van der Waals surface area (Å²) < 4.78 is 10.5. The molecular weight excluding hydrogens is 318 g/mol. The van der Waals surface area contributed by atoms with E-state index >= 15 is 0 Å².